The van der Waals surface area contributed by atoms with E-state index in [0.29, 0.717) is 16.4 Å². The zero-order chi connectivity index (χ0) is 14.7. The maximum atomic E-state index is 13.5. The van der Waals surface area contributed by atoms with Gasteiger partial charge in [-0.1, -0.05) is 11.6 Å². The van der Waals surface area contributed by atoms with Gasteiger partial charge in [0.05, 0.1) is 12.7 Å². The standard InChI is InChI=1S/C14H12ClFN2O2/c1-20-13-5-3-9(7-11(13)16)18-14(19)10-6-8(15)2-4-12(10)17/h2-7H,17H2,1H3,(H,18,19). The Morgan fingerprint density at radius 3 is 2.70 bits per heavy atom. The minimum Gasteiger partial charge on any atom is -0.494 e. The topological polar surface area (TPSA) is 64.3 Å². The maximum absolute atomic E-state index is 13.5. The van der Waals surface area contributed by atoms with Crippen LogP contribution in [0.2, 0.25) is 5.02 Å². The molecule has 2 rings (SSSR count). The Bertz CT molecular complexity index is 662. The highest BCUT2D eigenvalue weighted by molar-refractivity contribution is 6.31. The van der Waals surface area contributed by atoms with Gasteiger partial charge >= 0.3 is 0 Å². The first-order valence-electron chi connectivity index (χ1n) is 5.71. The summed E-state index contributed by atoms with van der Waals surface area (Å²) in [5.74, 6) is -0.927. The number of amides is 1. The van der Waals surface area contributed by atoms with Gasteiger partial charge in [-0.05, 0) is 30.3 Å². The molecule has 0 aromatic heterocycles. The van der Waals surface area contributed by atoms with E-state index in [2.05, 4.69) is 5.32 Å². The van der Waals surface area contributed by atoms with Gasteiger partial charge in [0.15, 0.2) is 11.6 Å². The Morgan fingerprint density at radius 1 is 1.30 bits per heavy atom. The zero-order valence-corrected chi connectivity index (χ0v) is 11.4. The van der Waals surface area contributed by atoms with Crippen LogP contribution in [0.5, 0.6) is 5.75 Å². The molecular formula is C14H12ClFN2O2. The van der Waals surface area contributed by atoms with E-state index in [4.69, 9.17) is 22.1 Å². The van der Waals surface area contributed by atoms with Gasteiger partial charge in [-0.3, -0.25) is 4.79 Å². The molecule has 0 spiro atoms. The van der Waals surface area contributed by atoms with Gasteiger partial charge in [0, 0.05) is 22.5 Å². The van der Waals surface area contributed by atoms with Gasteiger partial charge in [-0.25, -0.2) is 4.39 Å². The zero-order valence-electron chi connectivity index (χ0n) is 10.6. The smallest absolute Gasteiger partial charge is 0.257 e. The van der Waals surface area contributed by atoms with Gasteiger partial charge in [0.25, 0.3) is 5.91 Å². The highest BCUT2D eigenvalue weighted by Gasteiger charge is 2.12. The van der Waals surface area contributed by atoms with Crippen molar-refractivity contribution in [3.05, 3.63) is 52.8 Å². The molecule has 2 aromatic rings. The second-order valence-electron chi connectivity index (χ2n) is 4.04. The molecule has 0 saturated carbocycles. The molecule has 0 unspecified atom stereocenters. The Labute approximate surface area is 120 Å². The van der Waals surface area contributed by atoms with E-state index in [1.165, 1.54) is 31.4 Å². The van der Waals surface area contributed by atoms with Crippen molar-refractivity contribution in [1.29, 1.82) is 0 Å². The normalized spacial score (nSPS) is 10.2. The molecule has 104 valence electrons. The largest absolute Gasteiger partial charge is 0.494 e. The van der Waals surface area contributed by atoms with Crippen LogP contribution in [-0.4, -0.2) is 13.0 Å². The summed E-state index contributed by atoms with van der Waals surface area (Å²) in [4.78, 5) is 12.0. The molecule has 0 aliphatic carbocycles. The number of methoxy groups -OCH3 is 1. The van der Waals surface area contributed by atoms with Crippen molar-refractivity contribution in [3.8, 4) is 5.75 Å². The molecule has 4 nitrogen and oxygen atoms in total. The van der Waals surface area contributed by atoms with E-state index in [-0.39, 0.29) is 11.3 Å². The summed E-state index contributed by atoms with van der Waals surface area (Å²) in [5, 5.41) is 2.94. The number of anilines is 2. The molecule has 0 aliphatic heterocycles. The Kier molecular flexibility index (Phi) is 4.10. The number of nitrogen functional groups attached to an aromatic ring is 1. The van der Waals surface area contributed by atoms with Crippen LogP contribution in [0, 0.1) is 5.82 Å². The minimum absolute atomic E-state index is 0.102. The van der Waals surface area contributed by atoms with Crippen LogP contribution >= 0.6 is 11.6 Å². The SMILES string of the molecule is COc1ccc(NC(=O)c2cc(Cl)ccc2N)cc1F. The first-order chi connectivity index (χ1) is 9.51. The monoisotopic (exact) mass is 294 g/mol. The third-order valence-corrected chi connectivity index (χ3v) is 2.90. The fourth-order valence-corrected chi connectivity index (χ4v) is 1.84. The molecular weight excluding hydrogens is 283 g/mol. The Morgan fingerprint density at radius 2 is 2.05 bits per heavy atom. The molecule has 0 saturated heterocycles. The third kappa shape index (κ3) is 3.00. The van der Waals surface area contributed by atoms with Crippen molar-refractivity contribution in [1.82, 2.24) is 0 Å². The number of hydrogen-bond acceptors (Lipinski definition) is 3. The summed E-state index contributed by atoms with van der Waals surface area (Å²) in [5.41, 5.74) is 6.53. The number of rotatable bonds is 3. The van der Waals surface area contributed by atoms with Gasteiger partial charge in [0.1, 0.15) is 0 Å². The molecule has 2 aromatic carbocycles. The minimum atomic E-state index is -0.565. The van der Waals surface area contributed by atoms with Crippen molar-refractivity contribution >= 4 is 28.9 Å². The summed E-state index contributed by atoms with van der Waals surface area (Å²) >= 11 is 5.82. The van der Waals surface area contributed by atoms with Gasteiger partial charge in [-0.2, -0.15) is 0 Å². The number of nitrogens with one attached hydrogen (secondary N) is 1. The maximum Gasteiger partial charge on any atom is 0.257 e. The van der Waals surface area contributed by atoms with Crippen LogP contribution in [0.1, 0.15) is 10.4 Å². The van der Waals surface area contributed by atoms with Crippen LogP contribution < -0.4 is 15.8 Å². The number of ether oxygens (including phenoxy) is 1. The summed E-state index contributed by atoms with van der Waals surface area (Å²) in [6.45, 7) is 0. The quantitative estimate of drug-likeness (QED) is 0.854. The van der Waals surface area contributed by atoms with Crippen molar-refractivity contribution in [2.45, 2.75) is 0 Å². The van der Waals surface area contributed by atoms with E-state index in [1.807, 2.05) is 0 Å². The lowest BCUT2D eigenvalue weighted by Crippen LogP contribution is -2.14. The number of carbonyl (C=O) groups excluding carboxylic acids is 1. The highest BCUT2D eigenvalue weighted by atomic mass is 35.5. The molecule has 0 radical (unpaired) electrons. The van der Waals surface area contributed by atoms with E-state index in [0.717, 1.165) is 6.07 Å². The average Bonchev–Trinajstić information content (AvgIpc) is 2.41. The van der Waals surface area contributed by atoms with Gasteiger partial charge < -0.3 is 15.8 Å². The number of halogens is 2. The van der Waals surface area contributed by atoms with Crippen LogP contribution in [0.25, 0.3) is 0 Å². The summed E-state index contributed by atoms with van der Waals surface area (Å²) in [7, 11) is 1.36. The molecule has 0 bridgehead atoms. The van der Waals surface area contributed by atoms with Crippen molar-refractivity contribution in [3.63, 3.8) is 0 Å². The van der Waals surface area contributed by atoms with Gasteiger partial charge in [0.2, 0.25) is 0 Å². The lowest BCUT2D eigenvalue weighted by molar-refractivity contribution is 0.102. The first-order valence-corrected chi connectivity index (χ1v) is 6.09. The lowest BCUT2D eigenvalue weighted by atomic mass is 10.1. The van der Waals surface area contributed by atoms with Crippen molar-refractivity contribution in [2.75, 3.05) is 18.2 Å². The molecule has 3 N–H and O–H groups in total. The summed E-state index contributed by atoms with van der Waals surface area (Å²) in [6.07, 6.45) is 0. The predicted molar refractivity (Wildman–Crippen MR) is 76.8 cm³/mol. The van der Waals surface area contributed by atoms with Crippen molar-refractivity contribution in [2.24, 2.45) is 0 Å². The number of carbonyl (C=O) groups is 1. The molecule has 0 aliphatic rings. The Balaban J connectivity index is 2.23. The number of hydrogen-bond donors (Lipinski definition) is 2. The summed E-state index contributed by atoms with van der Waals surface area (Å²) in [6, 6.07) is 8.68. The fraction of sp³-hybridized carbons (Fsp3) is 0.0714. The van der Waals surface area contributed by atoms with Crippen LogP contribution in [0.3, 0.4) is 0 Å². The first kappa shape index (κ1) is 14.1. The average molecular weight is 295 g/mol. The molecule has 0 atom stereocenters. The van der Waals surface area contributed by atoms with E-state index in [1.54, 1.807) is 6.07 Å². The fourth-order valence-electron chi connectivity index (χ4n) is 1.67. The van der Waals surface area contributed by atoms with E-state index >= 15 is 0 Å². The van der Waals surface area contributed by atoms with Crippen LogP contribution in [0.15, 0.2) is 36.4 Å². The van der Waals surface area contributed by atoms with E-state index in [9.17, 15) is 9.18 Å². The molecule has 0 heterocycles. The van der Waals surface area contributed by atoms with E-state index < -0.39 is 11.7 Å². The molecule has 20 heavy (non-hydrogen) atoms. The summed E-state index contributed by atoms with van der Waals surface area (Å²) < 4.78 is 18.3. The second-order valence-corrected chi connectivity index (χ2v) is 4.47. The molecule has 0 fully saturated rings. The number of benzene rings is 2. The molecule has 1 amide bonds. The lowest BCUT2D eigenvalue weighted by Gasteiger charge is -2.09. The van der Waals surface area contributed by atoms with Crippen LogP contribution in [-0.2, 0) is 0 Å². The molecule has 6 heteroatoms. The Hall–Kier alpha value is -2.27. The second kappa shape index (κ2) is 5.79. The van der Waals surface area contributed by atoms with Gasteiger partial charge in [-0.15, -0.1) is 0 Å². The number of nitrogens with two attached hydrogens (primary N) is 1. The highest BCUT2D eigenvalue weighted by Crippen LogP contribution is 2.23. The third-order valence-electron chi connectivity index (χ3n) is 2.67. The van der Waals surface area contributed by atoms with Crippen LogP contribution in [0.4, 0.5) is 15.8 Å². The predicted octanol–water partition coefficient (Wildman–Crippen LogP) is 3.32. The van der Waals surface area contributed by atoms with Crippen molar-refractivity contribution < 1.29 is 13.9 Å².